The number of aromatic nitrogens is 1. The minimum atomic E-state index is 0.0844. The van der Waals surface area contributed by atoms with Gasteiger partial charge in [-0.2, -0.15) is 0 Å². The van der Waals surface area contributed by atoms with Crippen LogP contribution >= 0.6 is 0 Å². The molecule has 0 radical (unpaired) electrons. The molecule has 0 spiro atoms. The average molecular weight is 256 g/mol. The Labute approximate surface area is 113 Å². The van der Waals surface area contributed by atoms with Crippen molar-refractivity contribution in [3.63, 3.8) is 0 Å². The van der Waals surface area contributed by atoms with Gasteiger partial charge >= 0.3 is 0 Å². The van der Waals surface area contributed by atoms with Gasteiger partial charge < -0.3 is 9.88 Å². The Balaban J connectivity index is 1.99. The monoisotopic (exact) mass is 256 g/mol. The van der Waals surface area contributed by atoms with Gasteiger partial charge in [0.25, 0.3) is 5.91 Å². The summed E-state index contributed by atoms with van der Waals surface area (Å²) >= 11 is 0. The molecular formula is C16H20N2O. The lowest BCUT2D eigenvalue weighted by Gasteiger charge is -2.12. The number of aryl methyl sites for hydroxylation is 1. The molecule has 1 aliphatic carbocycles. The third-order valence-corrected chi connectivity index (χ3v) is 4.32. The van der Waals surface area contributed by atoms with Crippen LogP contribution in [0.5, 0.6) is 0 Å². The Kier molecular flexibility index (Phi) is 3.05. The first-order valence-corrected chi connectivity index (χ1v) is 7.03. The molecule has 1 saturated carbocycles. The predicted octanol–water partition coefficient (Wildman–Crippen LogP) is 3.16. The average Bonchev–Trinajstić information content (AvgIpc) is 2.99. The fourth-order valence-electron chi connectivity index (χ4n) is 3.14. The lowest BCUT2D eigenvalue weighted by Crippen LogP contribution is -2.32. The highest BCUT2D eigenvalue weighted by Crippen LogP contribution is 2.25. The van der Waals surface area contributed by atoms with Gasteiger partial charge in [0.2, 0.25) is 0 Å². The highest BCUT2D eigenvalue weighted by atomic mass is 16.1. The molecule has 1 aromatic carbocycles. The van der Waals surface area contributed by atoms with E-state index in [1.807, 2.05) is 32.2 Å². The second-order valence-electron chi connectivity index (χ2n) is 5.49. The minimum Gasteiger partial charge on any atom is -0.349 e. The molecule has 0 bridgehead atoms. The van der Waals surface area contributed by atoms with Gasteiger partial charge in [0.1, 0.15) is 0 Å². The SMILES string of the molecule is Cc1c(C(=O)NC2CCCC2)c2ccccc2n1C. The molecule has 1 aromatic heterocycles. The summed E-state index contributed by atoms with van der Waals surface area (Å²) in [7, 11) is 2.02. The maximum absolute atomic E-state index is 12.5. The molecule has 1 heterocycles. The van der Waals surface area contributed by atoms with Crippen molar-refractivity contribution in [1.29, 1.82) is 0 Å². The Morgan fingerprint density at radius 1 is 1.26 bits per heavy atom. The molecule has 1 aliphatic rings. The summed E-state index contributed by atoms with van der Waals surface area (Å²) in [5.74, 6) is 0.0844. The smallest absolute Gasteiger partial charge is 0.253 e. The van der Waals surface area contributed by atoms with Gasteiger partial charge in [0.15, 0.2) is 0 Å². The number of hydrogen-bond donors (Lipinski definition) is 1. The van der Waals surface area contributed by atoms with Crippen LogP contribution in [0, 0.1) is 6.92 Å². The van der Waals surface area contributed by atoms with Gasteiger partial charge in [0, 0.05) is 29.7 Å². The molecule has 0 aliphatic heterocycles. The zero-order valence-corrected chi connectivity index (χ0v) is 11.6. The lowest BCUT2D eigenvalue weighted by atomic mass is 10.1. The van der Waals surface area contributed by atoms with Crippen molar-refractivity contribution >= 4 is 16.8 Å². The van der Waals surface area contributed by atoms with Gasteiger partial charge in [-0.3, -0.25) is 4.79 Å². The van der Waals surface area contributed by atoms with Crippen LogP contribution in [0.1, 0.15) is 41.7 Å². The van der Waals surface area contributed by atoms with Gasteiger partial charge in [-0.05, 0) is 25.8 Å². The van der Waals surface area contributed by atoms with Crippen LogP contribution in [0.4, 0.5) is 0 Å². The molecule has 0 unspecified atom stereocenters. The number of carbonyl (C=O) groups excluding carboxylic acids is 1. The first-order chi connectivity index (χ1) is 9.18. The zero-order chi connectivity index (χ0) is 13.4. The van der Waals surface area contributed by atoms with Crippen molar-refractivity contribution < 1.29 is 4.79 Å². The molecule has 3 nitrogen and oxygen atoms in total. The number of nitrogens with one attached hydrogen (secondary N) is 1. The highest BCUT2D eigenvalue weighted by Gasteiger charge is 2.22. The Bertz CT molecular complexity index is 621. The van der Waals surface area contributed by atoms with Crippen LogP contribution in [0.25, 0.3) is 10.9 Å². The van der Waals surface area contributed by atoms with Crippen molar-refractivity contribution in [3.8, 4) is 0 Å². The quantitative estimate of drug-likeness (QED) is 0.880. The molecular weight excluding hydrogens is 236 g/mol. The van der Waals surface area contributed by atoms with Crippen LogP contribution in [0.2, 0.25) is 0 Å². The molecule has 19 heavy (non-hydrogen) atoms. The van der Waals surface area contributed by atoms with Gasteiger partial charge in [0.05, 0.1) is 5.56 Å². The molecule has 3 heteroatoms. The topological polar surface area (TPSA) is 34.0 Å². The highest BCUT2D eigenvalue weighted by molar-refractivity contribution is 6.08. The van der Waals surface area contributed by atoms with E-state index in [1.165, 1.54) is 12.8 Å². The number of rotatable bonds is 2. The van der Waals surface area contributed by atoms with E-state index in [-0.39, 0.29) is 5.91 Å². The van der Waals surface area contributed by atoms with Crippen LogP contribution in [-0.2, 0) is 7.05 Å². The molecule has 2 aromatic rings. The number of amides is 1. The molecule has 1 fully saturated rings. The number of carbonyl (C=O) groups is 1. The number of fused-ring (bicyclic) bond motifs is 1. The molecule has 1 N–H and O–H groups in total. The van der Waals surface area contributed by atoms with E-state index in [4.69, 9.17) is 0 Å². The second-order valence-corrected chi connectivity index (χ2v) is 5.49. The van der Waals surface area contributed by atoms with E-state index >= 15 is 0 Å². The molecule has 1 amide bonds. The van der Waals surface area contributed by atoms with Gasteiger partial charge in [-0.1, -0.05) is 31.0 Å². The Hall–Kier alpha value is -1.77. The lowest BCUT2D eigenvalue weighted by molar-refractivity contribution is 0.0938. The Morgan fingerprint density at radius 2 is 1.95 bits per heavy atom. The van der Waals surface area contributed by atoms with E-state index in [0.29, 0.717) is 6.04 Å². The van der Waals surface area contributed by atoms with Crippen LogP contribution < -0.4 is 5.32 Å². The summed E-state index contributed by atoms with van der Waals surface area (Å²) in [5.41, 5.74) is 3.00. The van der Waals surface area contributed by atoms with E-state index in [1.54, 1.807) is 0 Å². The third kappa shape index (κ3) is 2.03. The number of hydrogen-bond acceptors (Lipinski definition) is 1. The molecule has 3 rings (SSSR count). The largest absolute Gasteiger partial charge is 0.349 e. The van der Waals surface area contributed by atoms with E-state index in [0.717, 1.165) is 35.0 Å². The number of nitrogens with zero attached hydrogens (tertiary/aromatic N) is 1. The van der Waals surface area contributed by atoms with Gasteiger partial charge in [-0.25, -0.2) is 0 Å². The standard InChI is InChI=1S/C16H20N2O/c1-11-15(16(19)17-12-7-3-4-8-12)13-9-5-6-10-14(13)18(11)2/h5-6,9-10,12H,3-4,7-8H2,1-2H3,(H,17,19). The summed E-state index contributed by atoms with van der Waals surface area (Å²) in [6.45, 7) is 2.02. The maximum Gasteiger partial charge on any atom is 0.253 e. The molecule has 0 atom stereocenters. The van der Waals surface area contributed by atoms with Crippen molar-refractivity contribution in [1.82, 2.24) is 9.88 Å². The van der Waals surface area contributed by atoms with Crippen molar-refractivity contribution in [2.45, 2.75) is 38.6 Å². The first-order valence-electron chi connectivity index (χ1n) is 7.03. The minimum absolute atomic E-state index is 0.0844. The predicted molar refractivity (Wildman–Crippen MR) is 77.4 cm³/mol. The number of benzene rings is 1. The zero-order valence-electron chi connectivity index (χ0n) is 11.6. The Morgan fingerprint density at radius 3 is 2.68 bits per heavy atom. The third-order valence-electron chi connectivity index (χ3n) is 4.32. The van der Waals surface area contributed by atoms with Crippen LogP contribution in [-0.4, -0.2) is 16.5 Å². The normalized spacial score (nSPS) is 16.1. The van der Waals surface area contributed by atoms with Crippen molar-refractivity contribution in [3.05, 3.63) is 35.5 Å². The van der Waals surface area contributed by atoms with E-state index < -0.39 is 0 Å². The number of para-hydroxylation sites is 1. The van der Waals surface area contributed by atoms with Crippen molar-refractivity contribution in [2.24, 2.45) is 7.05 Å². The first kappa shape index (κ1) is 12.3. The summed E-state index contributed by atoms with van der Waals surface area (Å²) < 4.78 is 2.10. The van der Waals surface area contributed by atoms with Crippen LogP contribution in [0.15, 0.2) is 24.3 Å². The fraction of sp³-hybridized carbons (Fsp3) is 0.438. The second kappa shape index (κ2) is 4.72. The van der Waals surface area contributed by atoms with E-state index in [9.17, 15) is 4.79 Å². The summed E-state index contributed by atoms with van der Waals surface area (Å²) in [6, 6.07) is 8.47. The summed E-state index contributed by atoms with van der Waals surface area (Å²) in [5, 5.41) is 4.24. The molecule has 0 saturated heterocycles. The van der Waals surface area contributed by atoms with Crippen molar-refractivity contribution in [2.75, 3.05) is 0 Å². The van der Waals surface area contributed by atoms with Gasteiger partial charge in [-0.15, -0.1) is 0 Å². The fourth-order valence-corrected chi connectivity index (χ4v) is 3.14. The van der Waals surface area contributed by atoms with Crippen LogP contribution in [0.3, 0.4) is 0 Å². The maximum atomic E-state index is 12.5. The van der Waals surface area contributed by atoms with E-state index in [2.05, 4.69) is 16.0 Å². The summed E-state index contributed by atoms with van der Waals surface area (Å²) in [6.07, 6.45) is 4.71. The molecule has 100 valence electrons. The summed E-state index contributed by atoms with van der Waals surface area (Å²) in [4.78, 5) is 12.5.